The van der Waals surface area contributed by atoms with E-state index in [2.05, 4.69) is 31.0 Å². The maximum atomic E-state index is 6.57. The first-order valence-electron chi connectivity index (χ1n) is 7.27. The summed E-state index contributed by atoms with van der Waals surface area (Å²) in [6.45, 7) is 4.64. The Morgan fingerprint density at radius 1 is 1.22 bits per heavy atom. The lowest BCUT2D eigenvalue weighted by Crippen LogP contribution is -2.42. The summed E-state index contributed by atoms with van der Waals surface area (Å²) >= 11 is 0. The summed E-state index contributed by atoms with van der Waals surface area (Å²) < 4.78 is 0. The number of rotatable bonds is 5. The van der Waals surface area contributed by atoms with Crippen LogP contribution in [0, 0.1) is 11.3 Å². The highest BCUT2D eigenvalue weighted by Crippen LogP contribution is 2.45. The van der Waals surface area contributed by atoms with Gasteiger partial charge < -0.3 is 5.73 Å². The summed E-state index contributed by atoms with van der Waals surface area (Å²) in [5, 5.41) is 0. The van der Waals surface area contributed by atoms with Crippen LogP contribution in [0.4, 0.5) is 0 Å². The minimum atomic E-state index is 0.296. The van der Waals surface area contributed by atoms with Crippen molar-refractivity contribution >= 4 is 0 Å². The van der Waals surface area contributed by atoms with E-state index in [-0.39, 0.29) is 0 Å². The van der Waals surface area contributed by atoms with Crippen LogP contribution in [0.2, 0.25) is 0 Å². The van der Waals surface area contributed by atoms with E-state index in [1.54, 1.807) is 0 Å². The highest BCUT2D eigenvalue weighted by Gasteiger charge is 2.39. The van der Waals surface area contributed by atoms with Gasteiger partial charge in [-0.3, -0.25) is 4.98 Å². The Kier molecular flexibility index (Phi) is 4.39. The molecule has 0 bridgehead atoms. The van der Waals surface area contributed by atoms with Gasteiger partial charge in [0.15, 0.2) is 0 Å². The van der Waals surface area contributed by atoms with Gasteiger partial charge in [-0.15, -0.1) is 0 Å². The van der Waals surface area contributed by atoms with Crippen LogP contribution in [-0.4, -0.2) is 11.0 Å². The van der Waals surface area contributed by atoms with Gasteiger partial charge in [-0.2, -0.15) is 0 Å². The van der Waals surface area contributed by atoms with Crippen LogP contribution in [0.25, 0.3) is 0 Å². The predicted octanol–water partition coefficient (Wildman–Crippen LogP) is 3.56. The van der Waals surface area contributed by atoms with Gasteiger partial charge >= 0.3 is 0 Å². The number of nitrogens with two attached hydrogens (primary N) is 1. The van der Waals surface area contributed by atoms with Crippen LogP contribution in [0.5, 0.6) is 0 Å². The molecule has 18 heavy (non-hydrogen) atoms. The summed E-state index contributed by atoms with van der Waals surface area (Å²) in [6.07, 6.45) is 11.4. The molecule has 2 nitrogen and oxygen atoms in total. The van der Waals surface area contributed by atoms with Gasteiger partial charge in [-0.25, -0.2) is 0 Å². The third-order valence-corrected chi connectivity index (χ3v) is 4.41. The monoisotopic (exact) mass is 246 g/mol. The molecule has 2 rings (SSSR count). The Morgan fingerprint density at radius 3 is 2.39 bits per heavy atom. The minimum Gasteiger partial charge on any atom is -0.327 e. The van der Waals surface area contributed by atoms with Crippen molar-refractivity contribution < 1.29 is 0 Å². The maximum absolute atomic E-state index is 6.57. The fourth-order valence-electron chi connectivity index (χ4n) is 3.61. The zero-order valence-corrected chi connectivity index (χ0v) is 11.7. The number of hydrogen-bond donors (Lipinski definition) is 1. The van der Waals surface area contributed by atoms with Crippen LogP contribution >= 0.6 is 0 Å². The molecule has 1 unspecified atom stereocenters. The fraction of sp³-hybridized carbons (Fsp3) is 0.688. The molecule has 0 aromatic carbocycles. The van der Waals surface area contributed by atoms with Gasteiger partial charge in [-0.1, -0.05) is 26.7 Å². The molecule has 0 aliphatic heterocycles. The lowest BCUT2D eigenvalue weighted by atomic mass is 9.71. The Labute approximate surface area is 111 Å². The Balaban J connectivity index is 2.06. The predicted molar refractivity (Wildman–Crippen MR) is 76.3 cm³/mol. The van der Waals surface area contributed by atoms with E-state index in [0.29, 0.717) is 11.5 Å². The molecule has 0 radical (unpaired) electrons. The van der Waals surface area contributed by atoms with Gasteiger partial charge in [0.2, 0.25) is 0 Å². The third kappa shape index (κ3) is 3.11. The second-order valence-electron chi connectivity index (χ2n) is 6.33. The average Bonchev–Trinajstić information content (AvgIpc) is 2.79. The lowest BCUT2D eigenvalue weighted by Gasteiger charge is -2.37. The first kappa shape index (κ1) is 13.5. The topological polar surface area (TPSA) is 38.9 Å². The van der Waals surface area contributed by atoms with Crippen LogP contribution < -0.4 is 5.73 Å². The molecule has 1 aliphatic rings. The molecule has 1 fully saturated rings. The van der Waals surface area contributed by atoms with E-state index in [9.17, 15) is 0 Å². The van der Waals surface area contributed by atoms with Gasteiger partial charge in [0, 0.05) is 18.4 Å². The first-order valence-corrected chi connectivity index (χ1v) is 7.27. The molecular weight excluding hydrogens is 220 g/mol. The zero-order chi connectivity index (χ0) is 13.0. The molecule has 1 aliphatic carbocycles. The molecule has 100 valence electrons. The maximum Gasteiger partial charge on any atom is 0.0270 e. The number of hydrogen-bond acceptors (Lipinski definition) is 2. The normalized spacial score (nSPS) is 20.2. The number of nitrogens with zero attached hydrogens (tertiary/aromatic N) is 1. The molecule has 0 spiro atoms. The molecule has 0 saturated heterocycles. The molecule has 1 aromatic rings. The van der Waals surface area contributed by atoms with Crippen molar-refractivity contribution in [2.45, 2.75) is 58.4 Å². The minimum absolute atomic E-state index is 0.296. The van der Waals surface area contributed by atoms with Crippen molar-refractivity contribution in [1.29, 1.82) is 0 Å². The Bertz CT molecular complexity index is 353. The molecule has 0 amide bonds. The first-order chi connectivity index (χ1) is 8.62. The van der Waals surface area contributed by atoms with Crippen molar-refractivity contribution in [2.75, 3.05) is 0 Å². The van der Waals surface area contributed by atoms with Gasteiger partial charge in [0.25, 0.3) is 0 Å². The van der Waals surface area contributed by atoms with Crippen LogP contribution in [0.15, 0.2) is 24.5 Å². The van der Waals surface area contributed by atoms with Gasteiger partial charge in [0.1, 0.15) is 0 Å². The highest BCUT2D eigenvalue weighted by molar-refractivity contribution is 5.13. The fourth-order valence-corrected chi connectivity index (χ4v) is 3.61. The number of pyridine rings is 1. The third-order valence-electron chi connectivity index (χ3n) is 4.41. The van der Waals surface area contributed by atoms with E-state index in [1.165, 1.54) is 37.7 Å². The van der Waals surface area contributed by atoms with Crippen LogP contribution in [0.3, 0.4) is 0 Å². The largest absolute Gasteiger partial charge is 0.327 e. The molecule has 1 atom stereocenters. The molecule has 1 heterocycles. The van der Waals surface area contributed by atoms with Crippen molar-refractivity contribution in [1.82, 2.24) is 4.98 Å². The lowest BCUT2D eigenvalue weighted by molar-refractivity contribution is 0.181. The summed E-state index contributed by atoms with van der Waals surface area (Å²) in [6, 6.07) is 4.49. The van der Waals surface area contributed by atoms with Crippen molar-refractivity contribution in [3.63, 3.8) is 0 Å². The van der Waals surface area contributed by atoms with E-state index < -0.39 is 0 Å². The molecule has 1 saturated carbocycles. The van der Waals surface area contributed by atoms with E-state index in [4.69, 9.17) is 5.73 Å². The SMILES string of the molecule is CC(C)CC1(C(N)Cc2ccncc2)CCCC1. The highest BCUT2D eigenvalue weighted by atomic mass is 14.7. The number of aromatic nitrogens is 1. The van der Waals surface area contributed by atoms with E-state index in [0.717, 1.165) is 12.3 Å². The standard InChI is InChI=1S/C16H26N2/c1-13(2)12-16(7-3-4-8-16)15(17)11-14-5-9-18-10-6-14/h5-6,9-10,13,15H,3-4,7-8,11-12,17H2,1-2H3. The summed E-state index contributed by atoms with van der Waals surface area (Å²) in [5.41, 5.74) is 8.29. The second kappa shape index (κ2) is 5.83. The zero-order valence-electron chi connectivity index (χ0n) is 11.7. The molecular formula is C16H26N2. The Hall–Kier alpha value is -0.890. The van der Waals surface area contributed by atoms with Gasteiger partial charge in [-0.05, 0) is 54.7 Å². The second-order valence-corrected chi connectivity index (χ2v) is 6.33. The summed E-state index contributed by atoms with van der Waals surface area (Å²) in [5.74, 6) is 0.742. The summed E-state index contributed by atoms with van der Waals surface area (Å²) in [4.78, 5) is 4.08. The summed E-state index contributed by atoms with van der Waals surface area (Å²) in [7, 11) is 0. The van der Waals surface area contributed by atoms with E-state index >= 15 is 0 Å². The quantitative estimate of drug-likeness (QED) is 0.862. The van der Waals surface area contributed by atoms with Gasteiger partial charge in [0.05, 0.1) is 0 Å². The van der Waals surface area contributed by atoms with Crippen LogP contribution in [-0.2, 0) is 6.42 Å². The van der Waals surface area contributed by atoms with Crippen molar-refractivity contribution in [3.05, 3.63) is 30.1 Å². The average molecular weight is 246 g/mol. The smallest absolute Gasteiger partial charge is 0.0270 e. The van der Waals surface area contributed by atoms with E-state index in [1.807, 2.05) is 12.4 Å². The molecule has 1 aromatic heterocycles. The van der Waals surface area contributed by atoms with Crippen LogP contribution in [0.1, 0.15) is 51.5 Å². The Morgan fingerprint density at radius 2 is 1.83 bits per heavy atom. The van der Waals surface area contributed by atoms with Crippen molar-refractivity contribution in [2.24, 2.45) is 17.1 Å². The molecule has 2 N–H and O–H groups in total. The molecule has 2 heteroatoms. The van der Waals surface area contributed by atoms with Crippen molar-refractivity contribution in [3.8, 4) is 0 Å².